The minimum atomic E-state index is -0.715. The second-order valence-corrected chi connectivity index (χ2v) is 5.04. The summed E-state index contributed by atoms with van der Waals surface area (Å²) in [4.78, 5) is 4.04. The lowest BCUT2D eigenvalue weighted by molar-refractivity contribution is 0.173. The van der Waals surface area contributed by atoms with E-state index in [1.807, 2.05) is 6.92 Å². The van der Waals surface area contributed by atoms with Crippen molar-refractivity contribution in [2.75, 3.05) is 6.54 Å². The van der Waals surface area contributed by atoms with Crippen molar-refractivity contribution < 1.29 is 13.9 Å². The summed E-state index contributed by atoms with van der Waals surface area (Å²) in [5.74, 6) is 0.976. The van der Waals surface area contributed by atoms with Crippen LogP contribution in [0, 0.1) is 12.7 Å². The molecular weight excluding hydrogens is 315 g/mol. The van der Waals surface area contributed by atoms with Crippen molar-refractivity contribution >= 4 is 15.9 Å². The van der Waals surface area contributed by atoms with E-state index in [1.165, 1.54) is 6.07 Å². The van der Waals surface area contributed by atoms with Crippen molar-refractivity contribution in [1.82, 2.24) is 10.3 Å². The number of nitrogens with zero attached hydrogens (tertiary/aromatic N) is 1. The van der Waals surface area contributed by atoms with Gasteiger partial charge in [0.15, 0.2) is 0 Å². The smallest absolute Gasteiger partial charge is 0.208 e. The van der Waals surface area contributed by atoms with Gasteiger partial charge in [-0.15, -0.1) is 0 Å². The van der Waals surface area contributed by atoms with Crippen LogP contribution in [0.5, 0.6) is 0 Å². The molecule has 1 unspecified atom stereocenters. The molecule has 0 aliphatic carbocycles. The van der Waals surface area contributed by atoms with E-state index in [0.717, 1.165) is 5.76 Å². The van der Waals surface area contributed by atoms with E-state index < -0.39 is 6.10 Å². The molecule has 0 radical (unpaired) electrons. The number of benzene rings is 1. The predicted octanol–water partition coefficient (Wildman–Crippen LogP) is 2.71. The molecule has 0 aliphatic heterocycles. The lowest BCUT2D eigenvalue weighted by Gasteiger charge is -2.12. The number of aromatic nitrogens is 1. The van der Waals surface area contributed by atoms with Gasteiger partial charge in [-0.05, 0) is 40.5 Å². The third-order valence-electron chi connectivity index (χ3n) is 2.61. The number of hydrogen-bond acceptors (Lipinski definition) is 4. The molecule has 0 saturated carbocycles. The van der Waals surface area contributed by atoms with Crippen LogP contribution in [0.3, 0.4) is 0 Å². The molecule has 2 aromatic rings. The molecule has 0 aliphatic rings. The van der Waals surface area contributed by atoms with Crippen molar-refractivity contribution in [2.45, 2.75) is 19.6 Å². The number of rotatable bonds is 5. The van der Waals surface area contributed by atoms with Gasteiger partial charge in [-0.3, -0.25) is 0 Å². The van der Waals surface area contributed by atoms with Crippen LogP contribution < -0.4 is 5.32 Å². The summed E-state index contributed by atoms with van der Waals surface area (Å²) in [7, 11) is 0. The Morgan fingerprint density at radius 3 is 2.95 bits per heavy atom. The van der Waals surface area contributed by atoms with Gasteiger partial charge >= 0.3 is 0 Å². The maximum atomic E-state index is 13.1. The van der Waals surface area contributed by atoms with Gasteiger partial charge in [0.1, 0.15) is 11.6 Å². The van der Waals surface area contributed by atoms with Crippen molar-refractivity contribution in [2.24, 2.45) is 0 Å². The zero-order valence-corrected chi connectivity index (χ0v) is 11.9. The number of aliphatic hydroxyl groups excluding tert-OH is 1. The van der Waals surface area contributed by atoms with Crippen LogP contribution in [0.1, 0.15) is 23.3 Å². The van der Waals surface area contributed by atoms with Crippen LogP contribution in [0.15, 0.2) is 33.3 Å². The normalized spacial score (nSPS) is 12.6. The standard InChI is InChI=1S/C13H14BrFN2O2/c1-8-5-17-13(19-8)7-16-6-12(18)9-2-3-11(15)10(14)4-9/h2-5,12,16,18H,6-7H2,1H3. The second kappa shape index (κ2) is 6.27. The van der Waals surface area contributed by atoms with Crippen LogP contribution in [0.4, 0.5) is 4.39 Å². The Hall–Kier alpha value is -1.24. The maximum Gasteiger partial charge on any atom is 0.208 e. The first kappa shape index (κ1) is 14.2. The van der Waals surface area contributed by atoms with Crippen molar-refractivity contribution in [1.29, 1.82) is 0 Å². The fourth-order valence-corrected chi connectivity index (χ4v) is 2.03. The molecule has 6 heteroatoms. The zero-order valence-electron chi connectivity index (χ0n) is 10.4. The molecule has 1 atom stereocenters. The quantitative estimate of drug-likeness (QED) is 0.886. The summed E-state index contributed by atoms with van der Waals surface area (Å²) in [6, 6.07) is 4.44. The molecule has 19 heavy (non-hydrogen) atoms. The van der Waals surface area contributed by atoms with Gasteiger partial charge in [0, 0.05) is 6.54 Å². The summed E-state index contributed by atoms with van der Waals surface area (Å²) < 4.78 is 18.7. The van der Waals surface area contributed by atoms with E-state index in [0.29, 0.717) is 29.0 Å². The summed E-state index contributed by atoms with van der Waals surface area (Å²) in [6.07, 6.45) is 0.929. The third kappa shape index (κ3) is 3.86. The predicted molar refractivity (Wildman–Crippen MR) is 72.0 cm³/mol. The lowest BCUT2D eigenvalue weighted by Crippen LogP contribution is -2.21. The Bertz CT molecular complexity index is 559. The average molecular weight is 329 g/mol. The number of hydrogen-bond donors (Lipinski definition) is 2. The molecule has 1 aromatic carbocycles. The molecule has 0 saturated heterocycles. The van der Waals surface area contributed by atoms with E-state index in [4.69, 9.17) is 4.42 Å². The third-order valence-corrected chi connectivity index (χ3v) is 3.22. The summed E-state index contributed by atoms with van der Waals surface area (Å²) >= 11 is 3.09. The van der Waals surface area contributed by atoms with Crippen LogP contribution in [-0.2, 0) is 6.54 Å². The first-order valence-electron chi connectivity index (χ1n) is 5.81. The molecule has 2 N–H and O–H groups in total. The van der Waals surface area contributed by atoms with Gasteiger partial charge in [0.05, 0.1) is 23.3 Å². The molecular formula is C13H14BrFN2O2. The number of nitrogens with one attached hydrogen (secondary N) is 1. The van der Waals surface area contributed by atoms with Gasteiger partial charge in [-0.25, -0.2) is 9.37 Å². The molecule has 102 valence electrons. The van der Waals surface area contributed by atoms with Gasteiger partial charge in [-0.1, -0.05) is 6.07 Å². The number of oxazole rings is 1. The molecule has 0 amide bonds. The van der Waals surface area contributed by atoms with Crippen LogP contribution >= 0.6 is 15.9 Å². The van der Waals surface area contributed by atoms with Crippen LogP contribution in [0.25, 0.3) is 0 Å². The highest BCUT2D eigenvalue weighted by Gasteiger charge is 2.10. The molecule has 1 aromatic heterocycles. The zero-order chi connectivity index (χ0) is 13.8. The van der Waals surface area contributed by atoms with Gasteiger partial charge in [0.2, 0.25) is 5.89 Å². The van der Waals surface area contributed by atoms with Crippen molar-refractivity contribution in [3.05, 3.63) is 51.9 Å². The molecule has 4 nitrogen and oxygen atoms in total. The van der Waals surface area contributed by atoms with Crippen LogP contribution in [-0.4, -0.2) is 16.6 Å². The summed E-state index contributed by atoms with van der Waals surface area (Å²) in [5, 5.41) is 13.0. The fourth-order valence-electron chi connectivity index (χ4n) is 1.64. The minimum absolute atomic E-state index is 0.333. The van der Waals surface area contributed by atoms with Crippen LogP contribution in [0.2, 0.25) is 0 Å². The summed E-state index contributed by atoms with van der Waals surface area (Å²) in [5.41, 5.74) is 0.643. The molecule has 0 bridgehead atoms. The monoisotopic (exact) mass is 328 g/mol. The van der Waals surface area contributed by atoms with Crippen molar-refractivity contribution in [3.8, 4) is 0 Å². The highest BCUT2D eigenvalue weighted by Crippen LogP contribution is 2.21. The SMILES string of the molecule is Cc1cnc(CNCC(O)c2ccc(F)c(Br)c2)o1. The maximum absolute atomic E-state index is 13.1. The lowest BCUT2D eigenvalue weighted by atomic mass is 10.1. The topological polar surface area (TPSA) is 58.3 Å². The Balaban J connectivity index is 1.86. The molecule has 2 rings (SSSR count). The first-order chi connectivity index (χ1) is 9.06. The second-order valence-electron chi connectivity index (χ2n) is 4.18. The fraction of sp³-hybridized carbons (Fsp3) is 0.308. The van der Waals surface area contributed by atoms with Gasteiger partial charge in [0.25, 0.3) is 0 Å². The van der Waals surface area contributed by atoms with E-state index in [1.54, 1.807) is 18.3 Å². The van der Waals surface area contributed by atoms with E-state index in [2.05, 4.69) is 26.2 Å². The molecule has 0 spiro atoms. The van der Waals surface area contributed by atoms with Gasteiger partial charge in [-0.2, -0.15) is 0 Å². The Morgan fingerprint density at radius 2 is 2.32 bits per heavy atom. The Kier molecular flexibility index (Phi) is 4.68. The Morgan fingerprint density at radius 1 is 1.53 bits per heavy atom. The molecule has 0 fully saturated rings. The highest BCUT2D eigenvalue weighted by molar-refractivity contribution is 9.10. The van der Waals surface area contributed by atoms with E-state index in [-0.39, 0.29) is 5.82 Å². The van der Waals surface area contributed by atoms with E-state index in [9.17, 15) is 9.50 Å². The summed E-state index contributed by atoms with van der Waals surface area (Å²) in [6.45, 7) is 2.59. The Labute approximate surface area is 118 Å². The largest absolute Gasteiger partial charge is 0.445 e. The van der Waals surface area contributed by atoms with E-state index >= 15 is 0 Å². The van der Waals surface area contributed by atoms with Crippen molar-refractivity contribution in [3.63, 3.8) is 0 Å². The molecule has 1 heterocycles. The first-order valence-corrected chi connectivity index (χ1v) is 6.60. The minimum Gasteiger partial charge on any atom is -0.445 e. The highest BCUT2D eigenvalue weighted by atomic mass is 79.9. The number of aryl methyl sites for hydroxylation is 1. The number of aliphatic hydroxyl groups is 1. The number of halogens is 2. The van der Waals surface area contributed by atoms with Gasteiger partial charge < -0.3 is 14.8 Å². The average Bonchev–Trinajstić information content (AvgIpc) is 2.78.